The summed E-state index contributed by atoms with van der Waals surface area (Å²) in [4.78, 5) is 206. The Balaban J connectivity index is 1.50. The van der Waals surface area contributed by atoms with E-state index in [1.807, 2.05) is 5.32 Å². The maximum absolute atomic E-state index is 14.8. The van der Waals surface area contributed by atoms with Crippen LogP contribution in [0.4, 0.5) is 0 Å². The van der Waals surface area contributed by atoms with Crippen LogP contribution in [0.25, 0.3) is 0 Å². The number of carbonyl (C=O) groups is 15. The van der Waals surface area contributed by atoms with E-state index in [1.165, 1.54) is 28.5 Å². The summed E-state index contributed by atoms with van der Waals surface area (Å²) in [5.41, 5.74) is 23.2. The molecule has 4 aliphatic heterocycles. The van der Waals surface area contributed by atoms with Gasteiger partial charge in [-0.1, -0.05) is 0 Å². The van der Waals surface area contributed by atoms with Crippen molar-refractivity contribution in [3.05, 3.63) is 0 Å². The number of hydrogen-bond donors (Lipinski definition) is 17. The molecule has 540 valence electrons. The second-order valence-corrected chi connectivity index (χ2v) is 24.8. The smallest absolute Gasteiger partial charge is 0.326 e. The molecule has 11 amide bonds. The highest BCUT2D eigenvalue weighted by atomic mass is 16.4. The van der Waals surface area contributed by atoms with Crippen molar-refractivity contribution in [2.24, 2.45) is 22.9 Å². The van der Waals surface area contributed by atoms with E-state index in [1.54, 1.807) is 0 Å². The normalized spacial score (nSPS) is 20.8. The zero-order valence-corrected chi connectivity index (χ0v) is 54.5. The van der Waals surface area contributed by atoms with Gasteiger partial charge in [0.15, 0.2) is 0 Å². The van der Waals surface area contributed by atoms with Crippen molar-refractivity contribution in [1.29, 1.82) is 0 Å². The second kappa shape index (κ2) is 39.8. The molecule has 4 heterocycles. The Morgan fingerprint density at radius 2 is 0.740 bits per heavy atom. The highest BCUT2D eigenvalue weighted by Crippen LogP contribution is 2.28. The van der Waals surface area contributed by atoms with Gasteiger partial charge in [0.25, 0.3) is 0 Å². The van der Waals surface area contributed by atoms with Crippen molar-refractivity contribution in [3.8, 4) is 0 Å². The fourth-order valence-corrected chi connectivity index (χ4v) is 12.2. The molecule has 0 saturated carbocycles. The van der Waals surface area contributed by atoms with Crippen LogP contribution in [0.3, 0.4) is 0 Å². The Hall–Kier alpha value is -8.19. The van der Waals surface area contributed by atoms with Gasteiger partial charge < -0.3 is 110 Å². The number of nitrogens with one attached hydrogen (secondary N) is 7. The minimum atomic E-state index is -2.02. The zero-order valence-electron chi connectivity index (χ0n) is 54.5. The van der Waals surface area contributed by atoms with Crippen LogP contribution in [-0.4, -0.2) is 270 Å². The lowest BCUT2D eigenvalue weighted by atomic mass is 10.0. The fourth-order valence-electron chi connectivity index (χ4n) is 12.2. The van der Waals surface area contributed by atoms with Crippen LogP contribution < -0.4 is 60.2 Å². The number of hydrogen-bond acceptors (Lipinski definition) is 21. The molecule has 14 atom stereocenters. The number of carbonyl (C=O) groups excluding carboxylic acids is 11. The zero-order chi connectivity index (χ0) is 71.5. The molecule has 0 spiro atoms. The first-order valence-electron chi connectivity index (χ1n) is 32.9. The Labute approximate surface area is 555 Å². The molecule has 4 aliphatic rings. The van der Waals surface area contributed by atoms with Gasteiger partial charge >= 0.3 is 23.9 Å². The van der Waals surface area contributed by atoms with Gasteiger partial charge in [-0.05, 0) is 155 Å². The van der Waals surface area contributed by atoms with Crippen molar-refractivity contribution in [2.75, 3.05) is 45.8 Å². The third-order valence-electron chi connectivity index (χ3n) is 17.5. The highest BCUT2D eigenvalue weighted by Gasteiger charge is 2.47. The van der Waals surface area contributed by atoms with E-state index in [9.17, 15) is 97.5 Å². The molecule has 0 bridgehead atoms. The van der Waals surface area contributed by atoms with Crippen LogP contribution in [0.2, 0.25) is 0 Å². The maximum Gasteiger partial charge on any atom is 0.326 e. The van der Waals surface area contributed by atoms with Gasteiger partial charge in [-0.3, -0.25) is 67.1 Å². The number of aliphatic hydroxyl groups excluding tert-OH is 2. The van der Waals surface area contributed by atoms with Gasteiger partial charge in [-0.2, -0.15) is 0 Å². The maximum atomic E-state index is 14.8. The number of aliphatic carboxylic acids is 4. The Morgan fingerprint density at radius 1 is 0.396 bits per heavy atom. The van der Waals surface area contributed by atoms with Crippen molar-refractivity contribution in [3.63, 3.8) is 0 Å². The largest absolute Gasteiger partial charge is 0.481 e. The Kier molecular flexibility index (Phi) is 33.2. The lowest BCUT2D eigenvalue weighted by Crippen LogP contribution is -2.61. The molecule has 0 radical (unpaired) electrons. The molecule has 0 aromatic rings. The summed E-state index contributed by atoms with van der Waals surface area (Å²) in [6.45, 7) is 3.49. The minimum Gasteiger partial charge on any atom is -0.481 e. The van der Waals surface area contributed by atoms with E-state index < -0.39 is 206 Å². The van der Waals surface area contributed by atoms with Crippen LogP contribution >= 0.6 is 0 Å². The molecule has 36 heteroatoms. The molecule has 21 N–H and O–H groups in total. The van der Waals surface area contributed by atoms with Crippen LogP contribution in [0.15, 0.2) is 0 Å². The van der Waals surface area contributed by atoms with E-state index in [0.29, 0.717) is 64.3 Å². The van der Waals surface area contributed by atoms with Gasteiger partial charge in [-0.25, -0.2) is 4.79 Å². The number of carboxylic acids is 4. The summed E-state index contributed by atoms with van der Waals surface area (Å²) in [5, 5.41) is 75.6. The number of aliphatic hydroxyl groups is 2. The number of nitrogens with zero attached hydrogens (tertiary/aromatic N) is 4. The molecule has 4 saturated heterocycles. The molecule has 0 aliphatic carbocycles. The molecular formula is C60H99N15O21. The second-order valence-electron chi connectivity index (χ2n) is 24.8. The average Bonchev–Trinajstić information content (AvgIpc) is 1.60. The van der Waals surface area contributed by atoms with Crippen molar-refractivity contribution < 1.29 is 103 Å². The quantitative estimate of drug-likeness (QED) is 0.0254. The molecule has 0 aromatic carbocycles. The molecular weight excluding hydrogens is 1270 g/mol. The number of amides is 11. The molecule has 0 unspecified atom stereocenters. The van der Waals surface area contributed by atoms with E-state index in [4.69, 9.17) is 28.0 Å². The van der Waals surface area contributed by atoms with E-state index in [-0.39, 0.29) is 90.6 Å². The standard InChI is InChI=1S/C60H99N15O21/c1-32(76)47(64)55(90)67-34(13-3-6-24-61)49(84)68-37(14-4-7-25-62)56(91)72-27-9-16-40(72)53(88)69-38(15-5-8-26-63)57(92)75-30-12-19-43(75)58(93)73-28-10-18-42(73)54(89)71-48(33(2)77)59(94)74-29-11-17-41(74)52(87)66-36(21-23-45(80)81)50(85)65-35(20-22-44(78)79)51(86)70-39(60(95)96)31-46(82)83/h32-43,47-48,76-77H,3-31,61-64H2,1-2H3,(H,65,85)(H,66,87)(H,67,90)(H,68,84)(H,69,88)(H,70,86)(H,71,89)(H,78,79)(H,80,81)(H,82,83)(H,95,96)/t32-,33-,34+,35+,36+,37+,38+,39+,40+,41+,42+,43+,47+,48+/m1/s1. The summed E-state index contributed by atoms with van der Waals surface area (Å²) in [7, 11) is 0. The lowest BCUT2D eigenvalue weighted by molar-refractivity contribution is -0.149. The molecule has 4 rings (SSSR count). The third kappa shape index (κ3) is 23.9. The third-order valence-corrected chi connectivity index (χ3v) is 17.5. The van der Waals surface area contributed by atoms with Crippen LogP contribution in [0.1, 0.15) is 155 Å². The number of carboxylic acid groups (broad SMARTS) is 4. The minimum absolute atomic E-state index is 0.0445. The van der Waals surface area contributed by atoms with E-state index >= 15 is 0 Å². The summed E-state index contributed by atoms with van der Waals surface area (Å²) in [6.07, 6.45) is -2.13. The number of unbranched alkanes of at least 4 members (excludes halogenated alkanes) is 3. The highest BCUT2D eigenvalue weighted by molar-refractivity contribution is 6.00. The summed E-state index contributed by atoms with van der Waals surface area (Å²) in [5.74, 6) is -15.6. The predicted molar refractivity (Wildman–Crippen MR) is 336 cm³/mol. The average molecular weight is 1370 g/mol. The fraction of sp³-hybridized carbons (Fsp3) is 0.750. The SMILES string of the molecule is C[C@@H](O)[C@H](N)C(=O)N[C@@H](CCCCN)C(=O)N[C@@H](CCCCN)C(=O)N1CCC[C@H]1C(=O)N[C@@H](CCCCN)C(=O)N1CCC[C@H]1C(=O)N1CCC[C@H]1C(=O)N[C@H](C(=O)N1CCC[C@H]1C(=O)N[C@@H](CCC(=O)O)C(=O)N[C@@H](CCC(=O)O)C(=O)N[C@@H](CC(=O)O)C(=O)O)[C@@H](C)O. The topological polar surface area (TPSA) is 579 Å². The molecule has 96 heavy (non-hydrogen) atoms. The molecule has 36 nitrogen and oxygen atoms in total. The van der Waals surface area contributed by atoms with E-state index in [2.05, 4.69) is 31.9 Å². The van der Waals surface area contributed by atoms with Gasteiger partial charge in [0.05, 0.1) is 18.6 Å². The summed E-state index contributed by atoms with van der Waals surface area (Å²) < 4.78 is 0. The number of rotatable bonds is 41. The first-order chi connectivity index (χ1) is 45.5. The molecule has 4 fully saturated rings. The van der Waals surface area contributed by atoms with Crippen molar-refractivity contribution >= 4 is 88.9 Å². The van der Waals surface area contributed by atoms with Gasteiger partial charge in [0.2, 0.25) is 65.0 Å². The van der Waals surface area contributed by atoms with Gasteiger partial charge in [0, 0.05) is 39.0 Å². The van der Waals surface area contributed by atoms with Gasteiger partial charge in [-0.15, -0.1) is 0 Å². The van der Waals surface area contributed by atoms with Crippen LogP contribution in [-0.2, 0) is 71.9 Å². The van der Waals surface area contributed by atoms with Crippen molar-refractivity contribution in [1.82, 2.24) is 56.8 Å². The number of nitrogens with two attached hydrogens (primary N) is 4. The summed E-state index contributed by atoms with van der Waals surface area (Å²) >= 11 is 0. The monoisotopic (exact) mass is 1370 g/mol. The van der Waals surface area contributed by atoms with Crippen molar-refractivity contribution in [2.45, 2.75) is 240 Å². The predicted octanol–water partition coefficient (Wildman–Crippen LogP) is -5.89. The van der Waals surface area contributed by atoms with Crippen LogP contribution in [0, 0.1) is 0 Å². The first-order valence-corrected chi connectivity index (χ1v) is 32.9. The van der Waals surface area contributed by atoms with E-state index in [0.717, 1.165) is 4.90 Å². The molecule has 0 aromatic heterocycles. The Bertz CT molecular complexity index is 2760. The van der Waals surface area contributed by atoms with Gasteiger partial charge in [0.1, 0.15) is 72.5 Å². The lowest BCUT2D eigenvalue weighted by Gasteiger charge is -2.35. The first kappa shape index (κ1) is 80.2. The summed E-state index contributed by atoms with van der Waals surface area (Å²) in [6, 6.07) is -17.1. The van der Waals surface area contributed by atoms with Crippen LogP contribution in [0.5, 0.6) is 0 Å². The number of likely N-dealkylation sites (tertiary alicyclic amines) is 4. The Morgan fingerprint density at radius 3 is 1.17 bits per heavy atom.